The van der Waals surface area contributed by atoms with Gasteiger partial charge in [0.1, 0.15) is 0 Å². The van der Waals surface area contributed by atoms with Crippen molar-refractivity contribution in [3.05, 3.63) is 17.2 Å². The number of rotatable bonds is 1. The van der Waals surface area contributed by atoms with Crippen molar-refractivity contribution in [2.24, 2.45) is 0 Å². The monoisotopic (exact) mass is 196 g/mol. The van der Waals surface area contributed by atoms with E-state index in [0.29, 0.717) is 18.2 Å². The Morgan fingerprint density at radius 1 is 1.54 bits per heavy atom. The van der Waals surface area contributed by atoms with Crippen LogP contribution in [-0.2, 0) is 4.74 Å². The molecule has 2 fully saturated rings. The van der Waals surface area contributed by atoms with E-state index in [9.17, 15) is 0 Å². The van der Waals surface area contributed by atoms with Crippen molar-refractivity contribution in [1.29, 1.82) is 0 Å². The molecule has 2 aliphatic rings. The molecular formula is C9H12N2OS. The Kier molecular flexibility index (Phi) is 1.60. The van der Waals surface area contributed by atoms with Crippen LogP contribution in [0.1, 0.15) is 25.3 Å². The smallest absolute Gasteiger partial charge is 0.177 e. The van der Waals surface area contributed by atoms with Gasteiger partial charge in [0.25, 0.3) is 0 Å². The molecule has 3 heterocycles. The van der Waals surface area contributed by atoms with E-state index in [1.165, 1.54) is 12.8 Å². The van der Waals surface area contributed by atoms with E-state index in [4.69, 9.17) is 17.0 Å². The van der Waals surface area contributed by atoms with Gasteiger partial charge >= 0.3 is 0 Å². The first-order valence-electron chi connectivity index (χ1n) is 4.75. The van der Waals surface area contributed by atoms with E-state index in [1.54, 1.807) is 0 Å². The number of hydrogen-bond acceptors (Lipinski definition) is 2. The first-order valence-corrected chi connectivity index (χ1v) is 5.16. The molecule has 0 amide bonds. The van der Waals surface area contributed by atoms with Crippen LogP contribution in [0.4, 0.5) is 0 Å². The second-order valence-corrected chi connectivity index (χ2v) is 4.24. The van der Waals surface area contributed by atoms with Gasteiger partial charge in [-0.1, -0.05) is 0 Å². The molecule has 3 nitrogen and oxygen atoms in total. The summed E-state index contributed by atoms with van der Waals surface area (Å²) in [7, 11) is 0. The summed E-state index contributed by atoms with van der Waals surface area (Å²) in [4.78, 5) is 3.03. The summed E-state index contributed by atoms with van der Waals surface area (Å²) in [6.07, 6.45) is 8.39. The Balaban J connectivity index is 1.95. The molecule has 2 bridgehead atoms. The van der Waals surface area contributed by atoms with Crippen molar-refractivity contribution in [2.75, 3.05) is 0 Å². The Labute approximate surface area is 81.7 Å². The third kappa shape index (κ3) is 1.09. The standard InChI is InChI=1S/C9H12N2OS/c13-9-10-3-4-11(9)7-5-6-1-2-8(7)12-6/h3-4,6-8H,1-2,5H2,(H,10,13). The lowest BCUT2D eigenvalue weighted by molar-refractivity contribution is 0.0937. The van der Waals surface area contributed by atoms with Gasteiger partial charge in [-0.25, -0.2) is 0 Å². The topological polar surface area (TPSA) is 29.9 Å². The van der Waals surface area contributed by atoms with E-state index < -0.39 is 0 Å². The van der Waals surface area contributed by atoms with Crippen LogP contribution in [0.3, 0.4) is 0 Å². The number of aromatic nitrogens is 2. The maximum absolute atomic E-state index is 5.78. The van der Waals surface area contributed by atoms with Crippen molar-refractivity contribution < 1.29 is 4.74 Å². The molecule has 0 aromatic carbocycles. The number of imidazole rings is 1. The van der Waals surface area contributed by atoms with Gasteiger partial charge in [-0.3, -0.25) is 0 Å². The van der Waals surface area contributed by atoms with Gasteiger partial charge in [-0.15, -0.1) is 0 Å². The molecule has 1 aromatic rings. The third-order valence-corrected chi connectivity index (χ3v) is 3.44. The van der Waals surface area contributed by atoms with Crippen LogP contribution in [0.25, 0.3) is 0 Å². The Hall–Kier alpha value is -0.610. The number of fused-ring (bicyclic) bond motifs is 2. The Bertz CT molecular complexity index is 370. The molecule has 3 atom stereocenters. The normalized spacial score (nSPS) is 37.1. The third-order valence-electron chi connectivity index (χ3n) is 3.11. The highest BCUT2D eigenvalue weighted by Crippen LogP contribution is 2.41. The van der Waals surface area contributed by atoms with Crippen LogP contribution in [-0.4, -0.2) is 21.8 Å². The number of hydrogen-bond donors (Lipinski definition) is 1. The highest BCUT2D eigenvalue weighted by molar-refractivity contribution is 7.71. The van der Waals surface area contributed by atoms with Crippen molar-refractivity contribution >= 4 is 12.2 Å². The van der Waals surface area contributed by atoms with Crippen LogP contribution in [0.2, 0.25) is 0 Å². The molecule has 2 saturated heterocycles. The molecule has 3 rings (SSSR count). The summed E-state index contributed by atoms with van der Waals surface area (Å²) < 4.78 is 8.74. The minimum absolute atomic E-state index is 0.410. The fourth-order valence-electron chi connectivity index (χ4n) is 2.50. The zero-order chi connectivity index (χ0) is 8.84. The van der Waals surface area contributed by atoms with Gasteiger partial charge in [0.15, 0.2) is 4.77 Å². The van der Waals surface area contributed by atoms with Gasteiger partial charge in [-0.2, -0.15) is 0 Å². The summed E-state index contributed by atoms with van der Waals surface area (Å²) in [5.41, 5.74) is 0. The molecule has 0 radical (unpaired) electrons. The van der Waals surface area contributed by atoms with Crippen LogP contribution < -0.4 is 0 Å². The molecule has 0 aliphatic carbocycles. The van der Waals surface area contributed by atoms with Crippen LogP contribution in [0.15, 0.2) is 12.4 Å². The van der Waals surface area contributed by atoms with E-state index in [-0.39, 0.29) is 0 Å². The maximum Gasteiger partial charge on any atom is 0.177 e. The second-order valence-electron chi connectivity index (χ2n) is 3.85. The van der Waals surface area contributed by atoms with E-state index in [0.717, 1.165) is 11.2 Å². The van der Waals surface area contributed by atoms with Gasteiger partial charge in [0.05, 0.1) is 18.2 Å². The van der Waals surface area contributed by atoms with E-state index in [1.807, 2.05) is 12.4 Å². The van der Waals surface area contributed by atoms with Crippen molar-refractivity contribution in [3.8, 4) is 0 Å². The Morgan fingerprint density at radius 3 is 3.00 bits per heavy atom. The molecule has 0 spiro atoms. The highest BCUT2D eigenvalue weighted by atomic mass is 32.1. The fourth-order valence-corrected chi connectivity index (χ4v) is 2.76. The molecule has 2 aliphatic heterocycles. The zero-order valence-electron chi connectivity index (χ0n) is 7.27. The molecule has 1 aromatic heterocycles. The molecule has 1 N–H and O–H groups in total. The molecular weight excluding hydrogens is 184 g/mol. The minimum atomic E-state index is 0.410. The largest absolute Gasteiger partial charge is 0.373 e. The first kappa shape index (κ1) is 7.76. The number of nitrogens with zero attached hydrogens (tertiary/aromatic N) is 1. The highest BCUT2D eigenvalue weighted by Gasteiger charge is 2.41. The van der Waals surface area contributed by atoms with Gasteiger partial charge in [0.2, 0.25) is 0 Å². The summed E-state index contributed by atoms with van der Waals surface area (Å²) in [5, 5.41) is 0. The average molecular weight is 196 g/mol. The molecule has 13 heavy (non-hydrogen) atoms. The first-order chi connectivity index (χ1) is 6.34. The van der Waals surface area contributed by atoms with Crippen molar-refractivity contribution in [3.63, 3.8) is 0 Å². The van der Waals surface area contributed by atoms with Crippen LogP contribution in [0.5, 0.6) is 0 Å². The predicted molar refractivity (Wildman–Crippen MR) is 51.2 cm³/mol. The number of ether oxygens (including phenoxy) is 1. The number of aromatic amines is 1. The SMILES string of the molecule is S=c1[nH]ccn1C1CC2CCC1O2. The van der Waals surface area contributed by atoms with E-state index in [2.05, 4.69) is 9.55 Å². The quantitative estimate of drug-likeness (QED) is 0.697. The van der Waals surface area contributed by atoms with Gasteiger partial charge < -0.3 is 14.3 Å². The fraction of sp³-hybridized carbons (Fsp3) is 0.667. The van der Waals surface area contributed by atoms with Gasteiger partial charge in [0, 0.05) is 12.4 Å². The summed E-state index contributed by atoms with van der Waals surface area (Å²) >= 11 is 5.19. The summed E-state index contributed by atoms with van der Waals surface area (Å²) in [5.74, 6) is 0. The van der Waals surface area contributed by atoms with Crippen LogP contribution in [0, 0.1) is 4.77 Å². The summed E-state index contributed by atoms with van der Waals surface area (Å²) in [6, 6.07) is 0.484. The number of H-pyrrole nitrogens is 1. The Morgan fingerprint density at radius 2 is 2.46 bits per heavy atom. The van der Waals surface area contributed by atoms with Crippen molar-refractivity contribution in [2.45, 2.75) is 37.5 Å². The van der Waals surface area contributed by atoms with Crippen LogP contribution >= 0.6 is 12.2 Å². The zero-order valence-corrected chi connectivity index (χ0v) is 8.09. The lowest BCUT2D eigenvalue weighted by Crippen LogP contribution is -2.20. The average Bonchev–Trinajstić information content (AvgIpc) is 2.77. The minimum Gasteiger partial charge on any atom is -0.373 e. The molecule has 0 saturated carbocycles. The maximum atomic E-state index is 5.78. The van der Waals surface area contributed by atoms with Crippen molar-refractivity contribution in [1.82, 2.24) is 9.55 Å². The summed E-state index contributed by atoms with van der Waals surface area (Å²) in [6.45, 7) is 0. The second kappa shape index (κ2) is 2.69. The lowest BCUT2D eigenvalue weighted by atomic mass is 9.95. The molecule has 3 unspecified atom stereocenters. The number of nitrogens with one attached hydrogen (secondary N) is 1. The predicted octanol–water partition coefficient (Wildman–Crippen LogP) is 2.04. The van der Waals surface area contributed by atoms with Gasteiger partial charge in [-0.05, 0) is 31.5 Å². The van der Waals surface area contributed by atoms with E-state index >= 15 is 0 Å². The lowest BCUT2D eigenvalue weighted by Gasteiger charge is -2.19. The molecule has 4 heteroatoms. The molecule has 70 valence electrons.